The summed E-state index contributed by atoms with van der Waals surface area (Å²) in [6.45, 7) is 3.68. The van der Waals surface area contributed by atoms with Gasteiger partial charge in [0.05, 0.1) is 12.1 Å². The van der Waals surface area contributed by atoms with E-state index in [-0.39, 0.29) is 29.6 Å². The Bertz CT molecular complexity index is 766. The highest BCUT2D eigenvalue weighted by atomic mass is 19.1. The Labute approximate surface area is 170 Å². The standard InChI is InChI=1S/C23H27F2N3O/c24-19-8-4-17(5-9-19)22(18-6-10-20(25)11-7-18)27-13-15-28(16-14-27)23(29)21-3-1-2-12-26-21/h4-11,21-22,26H,1-3,12-16H2. The number of nitrogens with one attached hydrogen (secondary N) is 1. The van der Waals surface area contributed by atoms with Crippen LogP contribution in [0.2, 0.25) is 0 Å². The fourth-order valence-electron chi connectivity index (χ4n) is 4.39. The molecule has 0 radical (unpaired) electrons. The minimum atomic E-state index is -0.276. The van der Waals surface area contributed by atoms with Crippen LogP contribution < -0.4 is 5.32 Å². The molecule has 29 heavy (non-hydrogen) atoms. The summed E-state index contributed by atoms with van der Waals surface area (Å²) in [5, 5.41) is 3.34. The number of halogens is 2. The molecular weight excluding hydrogens is 372 g/mol. The van der Waals surface area contributed by atoms with Crippen LogP contribution in [0, 0.1) is 11.6 Å². The van der Waals surface area contributed by atoms with Crippen LogP contribution in [0.4, 0.5) is 8.78 Å². The number of benzene rings is 2. The molecule has 0 aliphatic carbocycles. The molecule has 0 spiro atoms. The lowest BCUT2D eigenvalue weighted by atomic mass is 9.96. The summed E-state index contributed by atoms with van der Waals surface area (Å²) in [4.78, 5) is 17.0. The number of amides is 1. The van der Waals surface area contributed by atoms with Gasteiger partial charge in [0.25, 0.3) is 0 Å². The smallest absolute Gasteiger partial charge is 0.239 e. The molecule has 0 bridgehead atoms. The van der Waals surface area contributed by atoms with Crippen LogP contribution in [0.1, 0.15) is 36.4 Å². The fraction of sp³-hybridized carbons (Fsp3) is 0.435. The van der Waals surface area contributed by atoms with Crippen LogP contribution in [0.15, 0.2) is 48.5 Å². The molecule has 0 aromatic heterocycles. The van der Waals surface area contributed by atoms with Crippen LogP contribution in [0.3, 0.4) is 0 Å². The van der Waals surface area contributed by atoms with E-state index in [1.807, 2.05) is 4.90 Å². The van der Waals surface area contributed by atoms with Crippen LogP contribution in [-0.2, 0) is 4.79 Å². The number of piperidine rings is 1. The van der Waals surface area contributed by atoms with Crippen molar-refractivity contribution in [2.75, 3.05) is 32.7 Å². The molecule has 1 N–H and O–H groups in total. The zero-order valence-corrected chi connectivity index (χ0v) is 16.5. The summed E-state index contributed by atoms with van der Waals surface area (Å²) < 4.78 is 26.9. The second-order valence-electron chi connectivity index (χ2n) is 7.87. The molecule has 2 aromatic rings. The lowest BCUT2D eigenvalue weighted by Gasteiger charge is -2.41. The van der Waals surface area contributed by atoms with Crippen LogP contribution in [0.25, 0.3) is 0 Å². The van der Waals surface area contributed by atoms with Gasteiger partial charge in [-0.1, -0.05) is 30.7 Å². The molecule has 1 atom stereocenters. The zero-order chi connectivity index (χ0) is 20.2. The van der Waals surface area contributed by atoms with E-state index in [4.69, 9.17) is 0 Å². The van der Waals surface area contributed by atoms with E-state index in [1.165, 1.54) is 24.3 Å². The van der Waals surface area contributed by atoms with E-state index in [2.05, 4.69) is 10.2 Å². The van der Waals surface area contributed by atoms with Crippen molar-refractivity contribution in [2.45, 2.75) is 31.3 Å². The lowest BCUT2D eigenvalue weighted by Crippen LogP contribution is -2.55. The summed E-state index contributed by atoms with van der Waals surface area (Å²) in [7, 11) is 0. The Morgan fingerprint density at radius 1 is 0.862 bits per heavy atom. The molecule has 2 aromatic carbocycles. The Morgan fingerprint density at radius 3 is 1.90 bits per heavy atom. The molecule has 6 heteroatoms. The number of hydrogen-bond acceptors (Lipinski definition) is 3. The van der Waals surface area contributed by atoms with Gasteiger partial charge in [0, 0.05) is 26.2 Å². The summed E-state index contributed by atoms with van der Waals surface area (Å²) in [5.74, 6) is -0.353. The summed E-state index contributed by atoms with van der Waals surface area (Å²) in [6, 6.07) is 12.8. The highest BCUT2D eigenvalue weighted by molar-refractivity contribution is 5.82. The van der Waals surface area contributed by atoms with Gasteiger partial charge in [0.2, 0.25) is 5.91 Å². The maximum Gasteiger partial charge on any atom is 0.239 e. The second-order valence-corrected chi connectivity index (χ2v) is 7.87. The van der Waals surface area contributed by atoms with Crippen molar-refractivity contribution in [3.8, 4) is 0 Å². The first-order chi connectivity index (χ1) is 14.1. The quantitative estimate of drug-likeness (QED) is 0.857. The van der Waals surface area contributed by atoms with Gasteiger partial charge in [0.1, 0.15) is 11.6 Å². The molecule has 154 valence electrons. The lowest BCUT2D eigenvalue weighted by molar-refractivity contribution is -0.136. The topological polar surface area (TPSA) is 35.6 Å². The molecular formula is C23H27F2N3O. The zero-order valence-electron chi connectivity index (χ0n) is 16.5. The molecule has 1 amide bonds. The molecule has 4 rings (SSSR count). The molecule has 1 unspecified atom stereocenters. The second kappa shape index (κ2) is 9.01. The summed E-state index contributed by atoms with van der Waals surface area (Å²) in [6.07, 6.45) is 3.14. The average Bonchev–Trinajstić information content (AvgIpc) is 2.77. The molecule has 0 saturated carbocycles. The van der Waals surface area contributed by atoms with Gasteiger partial charge in [-0.05, 0) is 54.8 Å². The predicted molar refractivity (Wildman–Crippen MR) is 108 cm³/mol. The third-order valence-electron chi connectivity index (χ3n) is 5.97. The number of carbonyl (C=O) groups is 1. The third-order valence-corrected chi connectivity index (χ3v) is 5.97. The maximum atomic E-state index is 13.5. The van der Waals surface area contributed by atoms with Gasteiger partial charge < -0.3 is 10.2 Å². The van der Waals surface area contributed by atoms with Gasteiger partial charge in [-0.15, -0.1) is 0 Å². The Kier molecular flexibility index (Phi) is 6.21. The average molecular weight is 399 g/mol. The van der Waals surface area contributed by atoms with Gasteiger partial charge in [-0.25, -0.2) is 8.78 Å². The first-order valence-corrected chi connectivity index (χ1v) is 10.4. The van der Waals surface area contributed by atoms with Crippen LogP contribution in [0.5, 0.6) is 0 Å². The van der Waals surface area contributed by atoms with Gasteiger partial charge in [-0.2, -0.15) is 0 Å². The van der Waals surface area contributed by atoms with E-state index in [1.54, 1.807) is 24.3 Å². The third kappa shape index (κ3) is 4.65. The normalized spacial score (nSPS) is 20.8. The fourth-order valence-corrected chi connectivity index (χ4v) is 4.39. The Hall–Kier alpha value is -2.31. The van der Waals surface area contributed by atoms with E-state index < -0.39 is 0 Å². The van der Waals surface area contributed by atoms with Gasteiger partial charge in [-0.3, -0.25) is 9.69 Å². The van der Waals surface area contributed by atoms with Crippen molar-refractivity contribution in [3.05, 3.63) is 71.3 Å². The van der Waals surface area contributed by atoms with Crippen LogP contribution >= 0.6 is 0 Å². The minimum Gasteiger partial charge on any atom is -0.339 e. The maximum absolute atomic E-state index is 13.5. The predicted octanol–water partition coefficient (Wildman–Crippen LogP) is 3.34. The highest BCUT2D eigenvalue weighted by Gasteiger charge is 2.31. The molecule has 2 aliphatic heterocycles. The van der Waals surface area contributed by atoms with Crippen molar-refractivity contribution < 1.29 is 13.6 Å². The molecule has 2 aliphatic rings. The van der Waals surface area contributed by atoms with E-state index in [9.17, 15) is 13.6 Å². The van der Waals surface area contributed by atoms with Crippen molar-refractivity contribution in [2.24, 2.45) is 0 Å². The molecule has 2 saturated heterocycles. The Balaban J connectivity index is 1.49. The summed E-state index contributed by atoms with van der Waals surface area (Å²) >= 11 is 0. The van der Waals surface area contributed by atoms with E-state index in [0.717, 1.165) is 50.0 Å². The van der Waals surface area contributed by atoms with Crippen molar-refractivity contribution in [1.29, 1.82) is 0 Å². The number of piperazine rings is 1. The van der Waals surface area contributed by atoms with Crippen molar-refractivity contribution >= 4 is 5.91 Å². The number of rotatable bonds is 4. The van der Waals surface area contributed by atoms with E-state index >= 15 is 0 Å². The largest absolute Gasteiger partial charge is 0.339 e. The number of carbonyl (C=O) groups excluding carboxylic acids is 1. The highest BCUT2D eigenvalue weighted by Crippen LogP contribution is 2.30. The van der Waals surface area contributed by atoms with E-state index in [0.29, 0.717) is 13.1 Å². The molecule has 2 fully saturated rings. The molecule has 2 heterocycles. The first kappa shape index (κ1) is 20.0. The SMILES string of the molecule is O=C(C1CCCCN1)N1CCN(C(c2ccc(F)cc2)c2ccc(F)cc2)CC1. The monoisotopic (exact) mass is 399 g/mol. The molecule has 4 nitrogen and oxygen atoms in total. The first-order valence-electron chi connectivity index (χ1n) is 10.4. The number of hydrogen-bond donors (Lipinski definition) is 1. The van der Waals surface area contributed by atoms with Crippen molar-refractivity contribution in [1.82, 2.24) is 15.1 Å². The van der Waals surface area contributed by atoms with Gasteiger partial charge in [0.15, 0.2) is 0 Å². The van der Waals surface area contributed by atoms with Crippen LogP contribution in [-0.4, -0.2) is 54.5 Å². The van der Waals surface area contributed by atoms with Crippen molar-refractivity contribution in [3.63, 3.8) is 0 Å². The number of nitrogens with zero attached hydrogens (tertiary/aromatic N) is 2. The summed E-state index contributed by atoms with van der Waals surface area (Å²) in [5.41, 5.74) is 1.93. The minimum absolute atomic E-state index is 0.0553. The van der Waals surface area contributed by atoms with Gasteiger partial charge >= 0.3 is 0 Å². The Morgan fingerprint density at radius 2 is 1.41 bits per heavy atom.